The first-order valence-corrected chi connectivity index (χ1v) is 10.6. The van der Waals surface area contributed by atoms with Crippen molar-refractivity contribution in [3.05, 3.63) is 83.9 Å². The zero-order chi connectivity index (χ0) is 21.9. The van der Waals surface area contributed by atoms with Gasteiger partial charge in [-0.1, -0.05) is 72.8 Å². The van der Waals surface area contributed by atoms with Gasteiger partial charge in [-0.3, -0.25) is 4.79 Å². The minimum Gasteiger partial charge on any atom is -0.445 e. The first-order valence-electron chi connectivity index (χ1n) is 10.6. The number of carbonyl (C=O) groups is 2. The molecule has 0 aliphatic rings. The Labute approximate surface area is 194 Å². The van der Waals surface area contributed by atoms with Gasteiger partial charge >= 0.3 is 6.09 Å². The maximum atomic E-state index is 11.8. The summed E-state index contributed by atoms with van der Waals surface area (Å²) in [5, 5.41) is 8.35. The molecule has 0 saturated carbocycles. The summed E-state index contributed by atoms with van der Waals surface area (Å²) in [4.78, 5) is 23.5. The molecule has 0 spiro atoms. The summed E-state index contributed by atoms with van der Waals surface area (Å²) >= 11 is 0. The van der Waals surface area contributed by atoms with Crippen LogP contribution in [-0.2, 0) is 22.6 Å². The highest BCUT2D eigenvalue weighted by atomic mass is 35.5. The fourth-order valence-electron chi connectivity index (χ4n) is 3.40. The molecule has 0 aliphatic carbocycles. The highest BCUT2D eigenvalue weighted by molar-refractivity contribution is 5.85. The van der Waals surface area contributed by atoms with Gasteiger partial charge in [0.1, 0.15) is 6.61 Å². The van der Waals surface area contributed by atoms with Gasteiger partial charge in [-0.15, -0.1) is 12.4 Å². The molecular formula is C25H30ClN3O3. The van der Waals surface area contributed by atoms with Crippen molar-refractivity contribution < 1.29 is 14.3 Å². The van der Waals surface area contributed by atoms with E-state index in [0.29, 0.717) is 25.9 Å². The lowest BCUT2D eigenvalue weighted by atomic mass is 10.0. The zero-order valence-electron chi connectivity index (χ0n) is 18.0. The minimum absolute atomic E-state index is 0. The van der Waals surface area contributed by atoms with Crippen LogP contribution in [0.2, 0.25) is 0 Å². The normalized spacial score (nSPS) is 11.4. The number of fused-ring (bicyclic) bond motifs is 1. The van der Waals surface area contributed by atoms with Crippen LogP contribution in [0.4, 0.5) is 4.79 Å². The lowest BCUT2D eigenvalue weighted by molar-refractivity contribution is -0.120. The van der Waals surface area contributed by atoms with Crippen molar-refractivity contribution in [3.63, 3.8) is 0 Å². The average Bonchev–Trinajstić information content (AvgIpc) is 2.79. The highest BCUT2D eigenvalue weighted by Gasteiger charge is 2.14. The van der Waals surface area contributed by atoms with E-state index in [-0.39, 0.29) is 24.9 Å². The molecule has 0 bridgehead atoms. The van der Waals surface area contributed by atoms with E-state index in [4.69, 9.17) is 10.5 Å². The molecular weight excluding hydrogens is 426 g/mol. The Hall–Kier alpha value is -3.09. The Morgan fingerprint density at radius 3 is 2.34 bits per heavy atom. The molecule has 0 radical (unpaired) electrons. The summed E-state index contributed by atoms with van der Waals surface area (Å²) in [6.07, 6.45) is 1.51. The maximum absolute atomic E-state index is 11.8. The van der Waals surface area contributed by atoms with E-state index >= 15 is 0 Å². The van der Waals surface area contributed by atoms with Crippen molar-refractivity contribution in [1.29, 1.82) is 0 Å². The number of halogens is 1. The van der Waals surface area contributed by atoms with Gasteiger partial charge in [0.05, 0.1) is 6.04 Å². The van der Waals surface area contributed by atoms with Crippen LogP contribution in [-0.4, -0.2) is 31.1 Å². The molecule has 0 unspecified atom stereocenters. The van der Waals surface area contributed by atoms with Crippen molar-refractivity contribution in [2.45, 2.75) is 31.9 Å². The van der Waals surface area contributed by atoms with Crippen LogP contribution in [0.1, 0.15) is 24.0 Å². The van der Waals surface area contributed by atoms with E-state index in [0.717, 1.165) is 12.0 Å². The summed E-state index contributed by atoms with van der Waals surface area (Å²) in [6.45, 7) is 1.30. The van der Waals surface area contributed by atoms with Crippen LogP contribution >= 0.6 is 12.4 Å². The fraction of sp³-hybridized carbons (Fsp3) is 0.280. The van der Waals surface area contributed by atoms with Gasteiger partial charge in [-0.25, -0.2) is 4.79 Å². The number of carbonyl (C=O) groups excluding carboxylic acids is 2. The summed E-state index contributed by atoms with van der Waals surface area (Å²) in [5.74, 6) is -0.384. The number of rotatable bonds is 11. The molecule has 0 aliphatic heterocycles. The molecule has 3 rings (SSSR count). The van der Waals surface area contributed by atoms with Gasteiger partial charge in [-0.05, 0) is 47.7 Å². The number of primary amides is 1. The van der Waals surface area contributed by atoms with E-state index in [1.54, 1.807) is 0 Å². The van der Waals surface area contributed by atoms with Crippen LogP contribution in [0.5, 0.6) is 0 Å². The Morgan fingerprint density at radius 1 is 0.875 bits per heavy atom. The Balaban J connectivity index is 0.00000363. The fourth-order valence-corrected chi connectivity index (χ4v) is 3.40. The predicted molar refractivity (Wildman–Crippen MR) is 130 cm³/mol. The molecule has 4 N–H and O–H groups in total. The molecule has 6 nitrogen and oxygen atoms in total. The number of hydrogen-bond donors (Lipinski definition) is 3. The second-order valence-corrected chi connectivity index (χ2v) is 7.47. The van der Waals surface area contributed by atoms with E-state index in [1.165, 1.54) is 16.3 Å². The second kappa shape index (κ2) is 13.3. The Kier molecular flexibility index (Phi) is 10.5. The largest absolute Gasteiger partial charge is 0.445 e. The molecule has 0 aromatic heterocycles. The quantitative estimate of drug-likeness (QED) is 0.381. The van der Waals surface area contributed by atoms with Crippen LogP contribution in [0.3, 0.4) is 0 Å². The van der Waals surface area contributed by atoms with Crippen LogP contribution in [0.25, 0.3) is 10.8 Å². The molecule has 7 heteroatoms. The summed E-state index contributed by atoms with van der Waals surface area (Å²) in [5.41, 5.74) is 7.67. The van der Waals surface area contributed by atoms with Gasteiger partial charge in [0, 0.05) is 6.54 Å². The van der Waals surface area contributed by atoms with Gasteiger partial charge in [-0.2, -0.15) is 0 Å². The number of hydrogen-bond acceptors (Lipinski definition) is 4. The monoisotopic (exact) mass is 455 g/mol. The summed E-state index contributed by atoms with van der Waals surface area (Å²) in [7, 11) is 0. The number of nitrogens with two attached hydrogens (primary N) is 1. The van der Waals surface area contributed by atoms with E-state index in [1.807, 2.05) is 42.5 Å². The van der Waals surface area contributed by atoms with E-state index < -0.39 is 12.1 Å². The molecule has 3 aromatic carbocycles. The van der Waals surface area contributed by atoms with Crippen LogP contribution in [0, 0.1) is 0 Å². The van der Waals surface area contributed by atoms with Gasteiger partial charge in [0.2, 0.25) is 5.91 Å². The zero-order valence-corrected chi connectivity index (χ0v) is 18.8. The third kappa shape index (κ3) is 8.21. The smallest absolute Gasteiger partial charge is 0.407 e. The maximum Gasteiger partial charge on any atom is 0.407 e. The molecule has 32 heavy (non-hydrogen) atoms. The van der Waals surface area contributed by atoms with Crippen molar-refractivity contribution in [1.82, 2.24) is 10.6 Å². The SMILES string of the molecule is Cl.NC(=O)[C@@H](CCCNC(=O)OCc1ccccc1)NCCc1ccc2ccccc2c1. The molecule has 0 heterocycles. The first-order chi connectivity index (χ1) is 15.1. The molecule has 1 atom stereocenters. The third-order valence-corrected chi connectivity index (χ3v) is 5.11. The number of ether oxygens (including phenoxy) is 1. The van der Waals surface area contributed by atoms with Gasteiger partial charge in [0.25, 0.3) is 0 Å². The van der Waals surface area contributed by atoms with Crippen molar-refractivity contribution >= 4 is 35.2 Å². The standard InChI is InChI=1S/C25H29N3O3.ClH/c26-24(29)23(11-6-15-28-25(30)31-18-20-7-2-1-3-8-20)27-16-14-19-12-13-21-9-4-5-10-22(21)17-19;/h1-5,7-10,12-13,17,23,27H,6,11,14-16,18H2,(H2,26,29)(H,28,30);1H/t23-;/m1./s1. The van der Waals surface area contributed by atoms with Crippen molar-refractivity contribution in [2.75, 3.05) is 13.1 Å². The molecule has 0 saturated heterocycles. The lowest BCUT2D eigenvalue weighted by Gasteiger charge is -2.16. The molecule has 170 valence electrons. The van der Waals surface area contributed by atoms with Crippen LogP contribution in [0.15, 0.2) is 72.8 Å². The number of benzene rings is 3. The first kappa shape index (κ1) is 25.2. The number of amides is 2. The topological polar surface area (TPSA) is 93.5 Å². The second-order valence-electron chi connectivity index (χ2n) is 7.47. The Morgan fingerprint density at radius 2 is 1.59 bits per heavy atom. The number of alkyl carbamates (subject to hydrolysis) is 1. The van der Waals surface area contributed by atoms with E-state index in [9.17, 15) is 9.59 Å². The molecule has 2 amide bonds. The molecule has 3 aromatic rings. The minimum atomic E-state index is -0.469. The van der Waals surface area contributed by atoms with Crippen molar-refractivity contribution in [2.24, 2.45) is 5.73 Å². The summed E-state index contributed by atoms with van der Waals surface area (Å²) < 4.78 is 5.17. The van der Waals surface area contributed by atoms with E-state index in [2.05, 4.69) is 41.0 Å². The van der Waals surface area contributed by atoms with Crippen LogP contribution < -0.4 is 16.4 Å². The van der Waals surface area contributed by atoms with Crippen molar-refractivity contribution in [3.8, 4) is 0 Å². The van der Waals surface area contributed by atoms with Gasteiger partial charge in [0.15, 0.2) is 0 Å². The average molecular weight is 456 g/mol. The predicted octanol–water partition coefficient (Wildman–Crippen LogP) is 3.95. The third-order valence-electron chi connectivity index (χ3n) is 5.11. The number of nitrogens with one attached hydrogen (secondary N) is 2. The lowest BCUT2D eigenvalue weighted by Crippen LogP contribution is -2.42. The Bertz CT molecular complexity index is 998. The van der Waals surface area contributed by atoms with Gasteiger partial charge < -0.3 is 21.1 Å². The summed E-state index contributed by atoms with van der Waals surface area (Å²) in [6, 6.07) is 23.7. The highest BCUT2D eigenvalue weighted by Crippen LogP contribution is 2.15. The molecule has 0 fully saturated rings.